The van der Waals surface area contributed by atoms with Crippen LogP contribution in [0.1, 0.15) is 25.7 Å². The van der Waals surface area contributed by atoms with Crippen molar-refractivity contribution in [1.29, 1.82) is 0 Å². The second-order valence-electron chi connectivity index (χ2n) is 5.74. The van der Waals surface area contributed by atoms with Gasteiger partial charge in [-0.1, -0.05) is 6.92 Å². The highest BCUT2D eigenvalue weighted by atomic mass is 16.5. The predicted octanol–water partition coefficient (Wildman–Crippen LogP) is 1.02. The maximum atomic E-state index is 11.8. The van der Waals surface area contributed by atoms with E-state index < -0.39 is 6.10 Å². The number of esters is 1. The van der Waals surface area contributed by atoms with Crippen molar-refractivity contribution in [1.82, 2.24) is 10.2 Å². The standard InChI is InChI=1S/C16H25N3O4/c1-4-17-16(18-8-13(20)14-6-5-7-23-14)19-9-11(2)12(10-19)15(21)22-3/h5-7,11-13,20H,4,8-10H2,1-3H3,(H,17,18). The lowest BCUT2D eigenvalue weighted by Gasteiger charge is -2.21. The molecule has 0 bridgehead atoms. The average Bonchev–Trinajstić information content (AvgIpc) is 3.20. The van der Waals surface area contributed by atoms with Crippen molar-refractivity contribution in [3.8, 4) is 0 Å². The summed E-state index contributed by atoms with van der Waals surface area (Å²) in [7, 11) is 1.41. The third-order valence-corrected chi connectivity index (χ3v) is 4.04. The number of carbonyl (C=O) groups excluding carboxylic acids is 1. The van der Waals surface area contributed by atoms with Gasteiger partial charge in [-0.2, -0.15) is 0 Å². The second kappa shape index (κ2) is 8.01. The Morgan fingerprint density at radius 2 is 2.39 bits per heavy atom. The molecule has 0 aliphatic carbocycles. The highest BCUT2D eigenvalue weighted by molar-refractivity contribution is 5.82. The molecule has 1 aromatic rings. The van der Waals surface area contributed by atoms with Gasteiger partial charge >= 0.3 is 5.97 Å². The number of ether oxygens (including phenoxy) is 1. The van der Waals surface area contributed by atoms with Crippen molar-refractivity contribution in [2.75, 3.05) is 33.3 Å². The van der Waals surface area contributed by atoms with Gasteiger partial charge in [0.1, 0.15) is 11.9 Å². The topological polar surface area (TPSA) is 87.3 Å². The molecule has 0 aromatic carbocycles. The van der Waals surface area contributed by atoms with E-state index in [0.29, 0.717) is 24.8 Å². The van der Waals surface area contributed by atoms with Crippen molar-refractivity contribution in [2.45, 2.75) is 20.0 Å². The number of methoxy groups -OCH3 is 1. The number of furan rings is 1. The van der Waals surface area contributed by atoms with Gasteiger partial charge in [0.05, 0.1) is 25.8 Å². The molecule has 0 radical (unpaired) electrons. The number of guanidine groups is 1. The number of carbonyl (C=O) groups is 1. The largest absolute Gasteiger partial charge is 0.469 e. The first-order valence-corrected chi connectivity index (χ1v) is 7.89. The number of rotatable bonds is 5. The zero-order valence-corrected chi connectivity index (χ0v) is 13.9. The zero-order valence-electron chi connectivity index (χ0n) is 13.9. The van der Waals surface area contributed by atoms with Crippen LogP contribution in [0.3, 0.4) is 0 Å². The molecule has 3 unspecified atom stereocenters. The summed E-state index contributed by atoms with van der Waals surface area (Å²) in [5, 5.41) is 13.3. The maximum absolute atomic E-state index is 11.8. The number of hydrogen-bond donors (Lipinski definition) is 2. The van der Waals surface area contributed by atoms with Crippen LogP contribution in [-0.2, 0) is 9.53 Å². The lowest BCUT2D eigenvalue weighted by molar-refractivity contribution is -0.145. The monoisotopic (exact) mass is 323 g/mol. The Morgan fingerprint density at radius 3 is 3.00 bits per heavy atom. The highest BCUT2D eigenvalue weighted by Gasteiger charge is 2.36. The van der Waals surface area contributed by atoms with E-state index in [4.69, 9.17) is 9.15 Å². The fourth-order valence-corrected chi connectivity index (χ4v) is 2.77. The molecule has 1 aliphatic rings. The van der Waals surface area contributed by atoms with Crippen molar-refractivity contribution < 1.29 is 19.1 Å². The minimum Gasteiger partial charge on any atom is -0.469 e. The summed E-state index contributed by atoms with van der Waals surface area (Å²) in [5.74, 6) is 1.04. The summed E-state index contributed by atoms with van der Waals surface area (Å²) in [4.78, 5) is 18.3. The molecular formula is C16H25N3O4. The van der Waals surface area contributed by atoms with Crippen LogP contribution < -0.4 is 5.32 Å². The molecule has 0 spiro atoms. The van der Waals surface area contributed by atoms with Crippen LogP contribution in [-0.4, -0.2) is 55.2 Å². The quantitative estimate of drug-likeness (QED) is 0.478. The van der Waals surface area contributed by atoms with Crippen molar-refractivity contribution >= 4 is 11.9 Å². The number of aliphatic imine (C=N–C) groups is 1. The Labute approximate surface area is 136 Å². The SMILES string of the molecule is CCNC(=NCC(O)c1ccco1)N1CC(C)C(C(=O)OC)C1. The lowest BCUT2D eigenvalue weighted by Crippen LogP contribution is -2.41. The molecule has 3 atom stereocenters. The Morgan fingerprint density at radius 1 is 1.61 bits per heavy atom. The van der Waals surface area contributed by atoms with Gasteiger partial charge in [0, 0.05) is 19.6 Å². The van der Waals surface area contributed by atoms with Gasteiger partial charge in [-0.15, -0.1) is 0 Å². The second-order valence-corrected chi connectivity index (χ2v) is 5.74. The van der Waals surface area contributed by atoms with Gasteiger partial charge in [0.25, 0.3) is 0 Å². The molecule has 7 heteroatoms. The molecule has 1 aromatic heterocycles. The van der Waals surface area contributed by atoms with E-state index in [9.17, 15) is 9.90 Å². The molecule has 2 rings (SSSR count). The molecular weight excluding hydrogens is 298 g/mol. The van der Waals surface area contributed by atoms with Crippen LogP contribution in [0, 0.1) is 11.8 Å². The smallest absolute Gasteiger partial charge is 0.310 e. The first-order valence-electron chi connectivity index (χ1n) is 7.89. The number of hydrogen-bond acceptors (Lipinski definition) is 5. The molecule has 1 aliphatic heterocycles. The summed E-state index contributed by atoms with van der Waals surface area (Å²) in [6.45, 7) is 6.21. The molecule has 7 nitrogen and oxygen atoms in total. The maximum Gasteiger partial charge on any atom is 0.310 e. The van der Waals surface area contributed by atoms with Crippen LogP contribution in [0.2, 0.25) is 0 Å². The lowest BCUT2D eigenvalue weighted by atomic mass is 9.99. The third kappa shape index (κ3) is 4.25. The Hall–Kier alpha value is -2.02. The van der Waals surface area contributed by atoms with Crippen molar-refractivity contribution in [2.24, 2.45) is 16.8 Å². The minimum absolute atomic E-state index is 0.154. The van der Waals surface area contributed by atoms with E-state index in [1.165, 1.54) is 13.4 Å². The number of likely N-dealkylation sites (tertiary alicyclic amines) is 1. The molecule has 0 amide bonds. The van der Waals surface area contributed by atoms with Crippen molar-refractivity contribution in [3.05, 3.63) is 24.2 Å². The highest BCUT2D eigenvalue weighted by Crippen LogP contribution is 2.24. The zero-order chi connectivity index (χ0) is 16.8. The Balaban J connectivity index is 2.03. The van der Waals surface area contributed by atoms with Crippen LogP contribution in [0.15, 0.2) is 27.8 Å². The number of nitrogens with zero attached hydrogens (tertiary/aromatic N) is 2. The van der Waals surface area contributed by atoms with Crippen molar-refractivity contribution in [3.63, 3.8) is 0 Å². The summed E-state index contributed by atoms with van der Waals surface area (Å²) in [6, 6.07) is 3.45. The molecule has 1 fully saturated rings. The Kier molecular flexibility index (Phi) is 6.04. The first-order chi connectivity index (χ1) is 11.1. The number of aliphatic hydroxyl groups excluding tert-OH is 1. The van der Waals surface area contributed by atoms with Crippen LogP contribution in [0.5, 0.6) is 0 Å². The van der Waals surface area contributed by atoms with E-state index in [2.05, 4.69) is 10.3 Å². The van der Waals surface area contributed by atoms with E-state index in [-0.39, 0.29) is 24.3 Å². The molecule has 23 heavy (non-hydrogen) atoms. The van der Waals surface area contributed by atoms with E-state index in [1.807, 2.05) is 18.7 Å². The minimum atomic E-state index is -0.782. The predicted molar refractivity (Wildman–Crippen MR) is 85.9 cm³/mol. The molecule has 2 heterocycles. The number of nitrogens with one attached hydrogen (secondary N) is 1. The molecule has 0 saturated carbocycles. The summed E-state index contributed by atoms with van der Waals surface area (Å²) < 4.78 is 10.0. The van der Waals surface area contributed by atoms with Gasteiger partial charge in [0.15, 0.2) is 5.96 Å². The normalized spacial score (nSPS) is 23.0. The van der Waals surface area contributed by atoms with E-state index in [0.717, 1.165) is 6.54 Å². The first kappa shape index (κ1) is 17.3. The van der Waals surface area contributed by atoms with Gasteiger partial charge in [0.2, 0.25) is 0 Å². The fraction of sp³-hybridized carbons (Fsp3) is 0.625. The fourth-order valence-electron chi connectivity index (χ4n) is 2.77. The van der Waals surface area contributed by atoms with Crippen LogP contribution in [0.4, 0.5) is 0 Å². The Bertz CT molecular complexity index is 529. The van der Waals surface area contributed by atoms with E-state index >= 15 is 0 Å². The summed E-state index contributed by atoms with van der Waals surface area (Å²) in [5.41, 5.74) is 0. The van der Waals surface area contributed by atoms with Gasteiger partial charge in [-0.05, 0) is 25.0 Å². The summed E-state index contributed by atoms with van der Waals surface area (Å²) in [6.07, 6.45) is 0.742. The van der Waals surface area contributed by atoms with Crippen LogP contribution in [0.25, 0.3) is 0 Å². The molecule has 2 N–H and O–H groups in total. The van der Waals surface area contributed by atoms with Crippen LogP contribution >= 0.6 is 0 Å². The van der Waals surface area contributed by atoms with Gasteiger partial charge in [-0.3, -0.25) is 4.79 Å². The van der Waals surface area contributed by atoms with Gasteiger partial charge in [-0.25, -0.2) is 4.99 Å². The average molecular weight is 323 g/mol. The third-order valence-electron chi connectivity index (χ3n) is 4.04. The van der Waals surface area contributed by atoms with Gasteiger partial charge < -0.3 is 24.5 Å². The molecule has 1 saturated heterocycles. The van der Waals surface area contributed by atoms with E-state index in [1.54, 1.807) is 12.1 Å². The number of aliphatic hydroxyl groups is 1. The molecule has 128 valence electrons. The summed E-state index contributed by atoms with van der Waals surface area (Å²) >= 11 is 0.